The second-order valence-corrected chi connectivity index (χ2v) is 6.56. The fourth-order valence-electron chi connectivity index (χ4n) is 2.32. The molecule has 0 saturated carbocycles. The minimum Gasteiger partial charge on any atom is -0.495 e. The Labute approximate surface area is 157 Å². The van der Waals surface area contributed by atoms with E-state index in [9.17, 15) is 5.26 Å². The van der Waals surface area contributed by atoms with Gasteiger partial charge in [-0.1, -0.05) is 35.3 Å². The van der Waals surface area contributed by atoms with Crippen molar-refractivity contribution in [2.75, 3.05) is 12.4 Å². The minimum absolute atomic E-state index is 0.408. The van der Waals surface area contributed by atoms with Crippen LogP contribution in [0.1, 0.15) is 5.56 Å². The highest BCUT2D eigenvalue weighted by Crippen LogP contribution is 2.38. The maximum absolute atomic E-state index is 9.42. The van der Waals surface area contributed by atoms with Gasteiger partial charge < -0.3 is 10.1 Å². The lowest BCUT2D eigenvalue weighted by molar-refractivity contribution is 0.415. The summed E-state index contributed by atoms with van der Waals surface area (Å²) in [5.41, 5.74) is 2.36. The van der Waals surface area contributed by atoms with E-state index in [0.717, 1.165) is 15.4 Å². The molecule has 0 amide bonds. The van der Waals surface area contributed by atoms with Gasteiger partial charge in [-0.3, -0.25) is 4.98 Å². The lowest BCUT2D eigenvalue weighted by Gasteiger charge is -2.14. The van der Waals surface area contributed by atoms with E-state index in [2.05, 4.69) is 32.3 Å². The second-order valence-electron chi connectivity index (χ2n) is 4.89. The summed E-state index contributed by atoms with van der Waals surface area (Å²) in [5, 5.41) is 14.3. The van der Waals surface area contributed by atoms with Crippen LogP contribution in [0.5, 0.6) is 5.75 Å². The van der Waals surface area contributed by atoms with Gasteiger partial charge in [-0.25, -0.2) is 0 Å². The summed E-state index contributed by atoms with van der Waals surface area (Å²) in [4.78, 5) is 4.34. The van der Waals surface area contributed by atoms with Crippen LogP contribution in [-0.4, -0.2) is 12.1 Å². The van der Waals surface area contributed by atoms with Crippen molar-refractivity contribution in [3.05, 3.63) is 56.6 Å². The molecular weight excluding hydrogens is 413 g/mol. The van der Waals surface area contributed by atoms with E-state index >= 15 is 0 Å². The lowest BCUT2D eigenvalue weighted by atomic mass is 10.1. The van der Waals surface area contributed by atoms with Crippen molar-refractivity contribution in [3.63, 3.8) is 0 Å². The highest BCUT2D eigenvalue weighted by molar-refractivity contribution is 9.10. The van der Waals surface area contributed by atoms with Crippen molar-refractivity contribution in [3.8, 4) is 11.8 Å². The van der Waals surface area contributed by atoms with Crippen molar-refractivity contribution in [2.45, 2.75) is 0 Å². The van der Waals surface area contributed by atoms with Gasteiger partial charge in [0, 0.05) is 22.1 Å². The number of nitrogens with one attached hydrogen (secondary N) is 1. The predicted octanol–water partition coefficient (Wildman–Crippen LogP) is 5.93. The van der Waals surface area contributed by atoms with Crippen molar-refractivity contribution in [1.82, 2.24) is 4.98 Å². The first-order valence-corrected chi connectivity index (χ1v) is 8.37. The molecule has 0 atom stereocenters. The summed E-state index contributed by atoms with van der Waals surface area (Å²) in [7, 11) is 1.53. The average Bonchev–Trinajstić information content (AvgIpc) is 2.57. The first-order valence-electron chi connectivity index (χ1n) is 6.82. The molecule has 0 fully saturated rings. The molecule has 0 saturated heterocycles. The zero-order chi connectivity index (χ0) is 17.3. The summed E-state index contributed by atoms with van der Waals surface area (Å²) < 4.78 is 6.07. The fraction of sp³-hybridized carbons (Fsp3) is 0.0588. The summed E-state index contributed by atoms with van der Waals surface area (Å²) in [6.07, 6.45) is 1.52. The topological polar surface area (TPSA) is 57.9 Å². The Morgan fingerprint density at radius 2 is 2.04 bits per heavy atom. The molecule has 0 spiro atoms. The number of hydrogen-bond donors (Lipinski definition) is 1. The molecule has 3 aromatic rings. The van der Waals surface area contributed by atoms with Crippen LogP contribution in [0.2, 0.25) is 10.0 Å². The first-order chi connectivity index (χ1) is 11.5. The van der Waals surface area contributed by atoms with Crippen LogP contribution in [0.15, 0.2) is 41.0 Å². The number of rotatable bonds is 3. The Morgan fingerprint density at radius 1 is 1.25 bits per heavy atom. The molecule has 2 aromatic carbocycles. The van der Waals surface area contributed by atoms with E-state index in [1.165, 1.54) is 13.3 Å². The van der Waals surface area contributed by atoms with E-state index in [4.69, 9.17) is 27.9 Å². The molecule has 0 aliphatic heterocycles. The normalized spacial score (nSPS) is 10.5. The number of benzene rings is 2. The minimum atomic E-state index is 0.408. The van der Waals surface area contributed by atoms with Crippen molar-refractivity contribution in [1.29, 1.82) is 5.26 Å². The standard InChI is InChI=1S/C17H10BrCl2N3O/c1-24-15-6-14(12(19)5-13(15)20)23-16-9(7-21)8-22-17-10(16)3-2-4-11(17)18/h2-6,8H,1H3,(H,22,23). The van der Waals surface area contributed by atoms with Crippen LogP contribution in [0.3, 0.4) is 0 Å². The summed E-state index contributed by atoms with van der Waals surface area (Å²) >= 11 is 15.8. The van der Waals surface area contributed by atoms with Crippen LogP contribution in [0.4, 0.5) is 11.4 Å². The molecule has 0 bridgehead atoms. The molecular formula is C17H10BrCl2N3O. The molecule has 3 rings (SSSR count). The van der Waals surface area contributed by atoms with Crippen molar-refractivity contribution >= 4 is 61.4 Å². The smallest absolute Gasteiger partial charge is 0.139 e. The number of ether oxygens (including phenoxy) is 1. The third kappa shape index (κ3) is 3.01. The molecule has 0 radical (unpaired) electrons. The van der Waals surface area contributed by atoms with E-state index in [-0.39, 0.29) is 0 Å². The number of halogens is 3. The zero-order valence-corrected chi connectivity index (χ0v) is 15.5. The molecule has 0 unspecified atom stereocenters. The first kappa shape index (κ1) is 16.8. The fourth-order valence-corrected chi connectivity index (χ4v) is 3.30. The predicted molar refractivity (Wildman–Crippen MR) is 100 cm³/mol. The van der Waals surface area contributed by atoms with Gasteiger partial charge in [-0.05, 0) is 28.1 Å². The summed E-state index contributed by atoms with van der Waals surface area (Å²) in [6.45, 7) is 0. The average molecular weight is 423 g/mol. The summed E-state index contributed by atoms with van der Waals surface area (Å²) in [5.74, 6) is 0.488. The molecule has 1 N–H and O–H groups in total. The SMILES string of the molecule is COc1cc(Nc2c(C#N)cnc3c(Br)cccc23)c(Cl)cc1Cl. The molecule has 24 heavy (non-hydrogen) atoms. The van der Waals surface area contributed by atoms with Crippen molar-refractivity contribution in [2.24, 2.45) is 0 Å². The Balaban J connectivity index is 2.20. The van der Waals surface area contributed by atoms with E-state index in [0.29, 0.717) is 32.7 Å². The number of methoxy groups -OCH3 is 1. The molecule has 0 aliphatic carbocycles. The third-order valence-corrected chi connectivity index (χ3v) is 4.72. The maximum atomic E-state index is 9.42. The Bertz CT molecular complexity index is 986. The monoisotopic (exact) mass is 421 g/mol. The lowest BCUT2D eigenvalue weighted by Crippen LogP contribution is -1.98. The van der Waals surface area contributed by atoms with Gasteiger partial charge in [0.05, 0.1) is 39.6 Å². The Kier molecular flexibility index (Phi) is 4.81. The molecule has 1 heterocycles. The zero-order valence-electron chi connectivity index (χ0n) is 12.4. The number of anilines is 2. The Morgan fingerprint density at radius 3 is 2.75 bits per heavy atom. The van der Waals surface area contributed by atoms with Gasteiger partial charge >= 0.3 is 0 Å². The number of hydrogen-bond acceptors (Lipinski definition) is 4. The van der Waals surface area contributed by atoms with Gasteiger partial charge in [0.25, 0.3) is 0 Å². The largest absolute Gasteiger partial charge is 0.495 e. The molecule has 4 nitrogen and oxygen atoms in total. The van der Waals surface area contributed by atoms with Gasteiger partial charge in [-0.15, -0.1) is 0 Å². The van der Waals surface area contributed by atoms with Crippen LogP contribution in [-0.2, 0) is 0 Å². The van der Waals surface area contributed by atoms with Crippen LogP contribution >= 0.6 is 39.1 Å². The third-order valence-electron chi connectivity index (χ3n) is 3.47. The number of pyridine rings is 1. The highest BCUT2D eigenvalue weighted by atomic mass is 79.9. The van der Waals surface area contributed by atoms with Crippen LogP contribution < -0.4 is 10.1 Å². The number of para-hydroxylation sites is 1. The molecule has 120 valence electrons. The van der Waals surface area contributed by atoms with Gasteiger partial charge in [0.1, 0.15) is 11.8 Å². The molecule has 7 heteroatoms. The van der Waals surface area contributed by atoms with Crippen molar-refractivity contribution < 1.29 is 4.74 Å². The van der Waals surface area contributed by atoms with E-state index in [1.807, 2.05) is 18.2 Å². The molecule has 0 aliphatic rings. The number of aromatic nitrogens is 1. The van der Waals surface area contributed by atoms with E-state index in [1.54, 1.807) is 12.1 Å². The van der Waals surface area contributed by atoms with Gasteiger partial charge in [0.2, 0.25) is 0 Å². The second kappa shape index (κ2) is 6.86. The number of fused-ring (bicyclic) bond motifs is 1. The van der Waals surface area contributed by atoms with E-state index < -0.39 is 0 Å². The molecule has 1 aromatic heterocycles. The van der Waals surface area contributed by atoms with Gasteiger partial charge in [0.15, 0.2) is 0 Å². The van der Waals surface area contributed by atoms with Crippen LogP contribution in [0.25, 0.3) is 10.9 Å². The summed E-state index contributed by atoms with van der Waals surface area (Å²) in [6, 6.07) is 11.1. The number of nitriles is 1. The number of nitrogens with zero attached hydrogens (tertiary/aromatic N) is 2. The quantitative estimate of drug-likeness (QED) is 0.568. The highest BCUT2D eigenvalue weighted by Gasteiger charge is 2.14. The van der Waals surface area contributed by atoms with Crippen LogP contribution in [0, 0.1) is 11.3 Å². The Hall–Kier alpha value is -2.00. The van der Waals surface area contributed by atoms with Gasteiger partial charge in [-0.2, -0.15) is 5.26 Å². The maximum Gasteiger partial charge on any atom is 0.139 e.